The van der Waals surface area contributed by atoms with Crippen molar-refractivity contribution in [3.05, 3.63) is 35.8 Å². The van der Waals surface area contributed by atoms with Crippen LogP contribution >= 0.6 is 0 Å². The summed E-state index contributed by atoms with van der Waals surface area (Å²) in [6.45, 7) is 1.96. The van der Waals surface area contributed by atoms with Crippen molar-refractivity contribution in [1.29, 1.82) is 0 Å². The first kappa shape index (κ1) is 17.8. The van der Waals surface area contributed by atoms with E-state index in [4.69, 9.17) is 9.47 Å². The van der Waals surface area contributed by atoms with Crippen molar-refractivity contribution >= 4 is 11.5 Å². The molecule has 27 heavy (non-hydrogen) atoms. The van der Waals surface area contributed by atoms with Gasteiger partial charge in [-0.2, -0.15) is 13.2 Å². The van der Waals surface area contributed by atoms with Gasteiger partial charge in [0.15, 0.2) is 11.5 Å². The van der Waals surface area contributed by atoms with Gasteiger partial charge in [-0.3, -0.25) is 4.90 Å². The Bertz CT molecular complexity index is 829. The normalized spacial score (nSPS) is 16.7. The van der Waals surface area contributed by atoms with Crippen LogP contribution in [-0.4, -0.2) is 47.3 Å². The molecular formula is C18H19F3N4O2. The van der Waals surface area contributed by atoms with Crippen LogP contribution in [0.3, 0.4) is 0 Å². The highest BCUT2D eigenvalue weighted by atomic mass is 19.4. The lowest BCUT2D eigenvalue weighted by molar-refractivity contribution is -0.138. The van der Waals surface area contributed by atoms with Crippen LogP contribution in [0.1, 0.15) is 17.7 Å². The molecule has 0 radical (unpaired) electrons. The predicted octanol–water partition coefficient (Wildman–Crippen LogP) is 3.30. The molecule has 0 aliphatic carbocycles. The van der Waals surface area contributed by atoms with E-state index in [1.807, 2.05) is 18.2 Å². The van der Waals surface area contributed by atoms with Crippen molar-refractivity contribution in [2.24, 2.45) is 0 Å². The number of benzene rings is 1. The van der Waals surface area contributed by atoms with Gasteiger partial charge in [-0.15, -0.1) is 0 Å². The van der Waals surface area contributed by atoms with Gasteiger partial charge in [0.25, 0.3) is 0 Å². The zero-order chi connectivity index (χ0) is 18.9. The van der Waals surface area contributed by atoms with E-state index in [0.717, 1.165) is 16.9 Å². The van der Waals surface area contributed by atoms with E-state index in [1.165, 1.54) is 6.33 Å². The highest BCUT2D eigenvalue weighted by Gasteiger charge is 2.29. The van der Waals surface area contributed by atoms with E-state index in [-0.39, 0.29) is 6.54 Å². The summed E-state index contributed by atoms with van der Waals surface area (Å²) in [6, 6.07) is 5.56. The second-order valence-corrected chi connectivity index (χ2v) is 6.52. The molecule has 2 aliphatic heterocycles. The first-order valence-electron chi connectivity index (χ1n) is 8.76. The van der Waals surface area contributed by atoms with Crippen LogP contribution in [0.5, 0.6) is 11.5 Å². The minimum absolute atomic E-state index is 0.0160. The van der Waals surface area contributed by atoms with Crippen molar-refractivity contribution in [3.63, 3.8) is 0 Å². The topological polar surface area (TPSA) is 59.5 Å². The van der Waals surface area contributed by atoms with Gasteiger partial charge < -0.3 is 14.8 Å². The van der Waals surface area contributed by atoms with E-state index in [9.17, 15) is 13.2 Å². The fourth-order valence-corrected chi connectivity index (χ4v) is 3.25. The van der Waals surface area contributed by atoms with Gasteiger partial charge in [0.2, 0.25) is 0 Å². The average Bonchev–Trinajstić information content (AvgIpc) is 2.66. The largest absolute Gasteiger partial charge is 0.486 e. The van der Waals surface area contributed by atoms with Crippen molar-refractivity contribution in [1.82, 2.24) is 14.9 Å². The smallest absolute Gasteiger partial charge is 0.390 e. The number of alkyl halides is 3. The van der Waals surface area contributed by atoms with Gasteiger partial charge in [-0.05, 0) is 18.6 Å². The number of rotatable bonds is 4. The van der Waals surface area contributed by atoms with Crippen molar-refractivity contribution in [2.45, 2.75) is 25.6 Å². The fourth-order valence-electron chi connectivity index (χ4n) is 3.25. The predicted molar refractivity (Wildman–Crippen MR) is 92.4 cm³/mol. The molecule has 0 unspecified atom stereocenters. The second-order valence-electron chi connectivity index (χ2n) is 6.52. The van der Waals surface area contributed by atoms with Gasteiger partial charge in [0.05, 0.1) is 12.1 Å². The molecule has 2 aliphatic rings. The summed E-state index contributed by atoms with van der Waals surface area (Å²) in [7, 11) is 0. The van der Waals surface area contributed by atoms with Crippen LogP contribution in [0, 0.1) is 0 Å². The first-order chi connectivity index (χ1) is 13.0. The monoisotopic (exact) mass is 380 g/mol. The van der Waals surface area contributed by atoms with Crippen molar-refractivity contribution < 1.29 is 22.6 Å². The lowest BCUT2D eigenvalue weighted by Crippen LogP contribution is -2.34. The second kappa shape index (κ2) is 7.22. The summed E-state index contributed by atoms with van der Waals surface area (Å²) >= 11 is 0. The molecule has 0 bridgehead atoms. The minimum atomic E-state index is -4.14. The molecular weight excluding hydrogens is 361 g/mol. The quantitative estimate of drug-likeness (QED) is 0.878. The Hall–Kier alpha value is -2.55. The number of anilines is 2. The van der Waals surface area contributed by atoms with E-state index >= 15 is 0 Å². The Labute approximate surface area is 154 Å². The summed E-state index contributed by atoms with van der Waals surface area (Å²) in [6.07, 6.45) is -2.92. The number of halogens is 3. The molecule has 1 N–H and O–H groups in total. The zero-order valence-corrected chi connectivity index (χ0v) is 14.6. The number of aromatic nitrogens is 2. The number of fused-ring (bicyclic) bond motifs is 2. The molecule has 1 aromatic heterocycles. The number of hydrogen-bond acceptors (Lipinski definition) is 6. The Kier molecular flexibility index (Phi) is 4.77. The number of nitrogens with zero attached hydrogens (tertiary/aromatic N) is 3. The average molecular weight is 380 g/mol. The molecule has 0 fully saturated rings. The van der Waals surface area contributed by atoms with Crippen LogP contribution < -0.4 is 14.8 Å². The third-order valence-electron chi connectivity index (χ3n) is 4.60. The van der Waals surface area contributed by atoms with E-state index in [1.54, 1.807) is 4.90 Å². The molecule has 144 valence electrons. The van der Waals surface area contributed by atoms with Gasteiger partial charge in [0, 0.05) is 37.0 Å². The van der Waals surface area contributed by atoms with Crippen LogP contribution in [0.4, 0.5) is 24.7 Å². The van der Waals surface area contributed by atoms with Crippen LogP contribution in [-0.2, 0) is 13.0 Å². The minimum Gasteiger partial charge on any atom is -0.486 e. The number of hydrogen-bond donors (Lipinski definition) is 1. The lowest BCUT2D eigenvalue weighted by atomic mass is 10.1. The van der Waals surface area contributed by atoms with Crippen molar-refractivity contribution in [3.8, 4) is 11.5 Å². The Morgan fingerprint density at radius 1 is 1.11 bits per heavy atom. The Balaban J connectivity index is 1.48. The number of ether oxygens (including phenoxy) is 2. The number of nitrogens with one attached hydrogen (secondary N) is 1. The lowest BCUT2D eigenvalue weighted by Gasteiger charge is -2.29. The third-order valence-corrected chi connectivity index (χ3v) is 4.60. The maximum absolute atomic E-state index is 12.5. The molecule has 0 saturated carbocycles. The fraction of sp³-hybridized carbons (Fsp3) is 0.444. The molecule has 0 amide bonds. The summed E-state index contributed by atoms with van der Waals surface area (Å²) in [5.41, 5.74) is 2.51. The standard InChI is InChI=1S/C18H19F3N4O2/c19-18(20,21)4-6-25-5-3-13-14(10-25)22-11-23-17(13)24-12-1-2-15-16(9-12)27-8-7-26-15/h1-2,9,11H,3-8,10H2,(H,22,23,24). The van der Waals surface area contributed by atoms with Gasteiger partial charge in [0.1, 0.15) is 25.4 Å². The third kappa shape index (κ3) is 4.24. The molecule has 3 heterocycles. The Morgan fingerprint density at radius 3 is 2.74 bits per heavy atom. The summed E-state index contributed by atoms with van der Waals surface area (Å²) in [5, 5.41) is 3.27. The highest BCUT2D eigenvalue weighted by Crippen LogP contribution is 2.34. The summed E-state index contributed by atoms with van der Waals surface area (Å²) in [4.78, 5) is 10.4. The molecule has 4 rings (SSSR count). The maximum Gasteiger partial charge on any atom is 0.390 e. The molecule has 0 spiro atoms. The zero-order valence-electron chi connectivity index (χ0n) is 14.6. The molecule has 0 atom stereocenters. The first-order valence-corrected chi connectivity index (χ1v) is 8.76. The molecule has 1 aromatic carbocycles. The summed E-state index contributed by atoms with van der Waals surface area (Å²) < 4.78 is 48.5. The molecule has 6 nitrogen and oxygen atoms in total. The van der Waals surface area contributed by atoms with Gasteiger partial charge in [-0.25, -0.2) is 9.97 Å². The van der Waals surface area contributed by atoms with E-state index in [2.05, 4.69) is 15.3 Å². The maximum atomic E-state index is 12.5. The highest BCUT2D eigenvalue weighted by molar-refractivity contribution is 5.64. The van der Waals surface area contributed by atoms with Crippen LogP contribution in [0.15, 0.2) is 24.5 Å². The van der Waals surface area contributed by atoms with Crippen LogP contribution in [0.2, 0.25) is 0 Å². The van der Waals surface area contributed by atoms with Gasteiger partial charge in [-0.1, -0.05) is 0 Å². The molecule has 9 heteroatoms. The van der Waals surface area contributed by atoms with Crippen LogP contribution in [0.25, 0.3) is 0 Å². The summed E-state index contributed by atoms with van der Waals surface area (Å²) in [5.74, 6) is 2.05. The van der Waals surface area contributed by atoms with Crippen molar-refractivity contribution in [2.75, 3.05) is 31.6 Å². The van der Waals surface area contributed by atoms with E-state index < -0.39 is 12.6 Å². The van der Waals surface area contributed by atoms with Gasteiger partial charge >= 0.3 is 6.18 Å². The Morgan fingerprint density at radius 2 is 1.93 bits per heavy atom. The van der Waals surface area contributed by atoms with E-state index in [0.29, 0.717) is 50.0 Å². The SMILES string of the molecule is FC(F)(F)CCN1CCc2c(ncnc2Nc2ccc3c(c2)OCCO3)C1. The molecule has 2 aromatic rings. The molecule has 0 saturated heterocycles.